The van der Waals surface area contributed by atoms with Crippen molar-refractivity contribution in [3.63, 3.8) is 0 Å². The largest absolute Gasteiger partial charge is 0.377 e. The molecule has 2 atom stereocenters. The summed E-state index contributed by atoms with van der Waals surface area (Å²) in [6.45, 7) is 8.17. The molecule has 0 aliphatic heterocycles. The fraction of sp³-hybridized carbons (Fsp3) is 0.625. The Morgan fingerprint density at radius 2 is 1.95 bits per heavy atom. The molecule has 1 rings (SSSR count). The van der Waals surface area contributed by atoms with Crippen LogP contribution in [0.1, 0.15) is 50.8 Å². The minimum atomic E-state index is -0.662. The first-order valence-corrected chi connectivity index (χ1v) is 7.14. The van der Waals surface area contributed by atoms with Crippen molar-refractivity contribution < 1.29 is 13.5 Å². The molecule has 20 heavy (non-hydrogen) atoms. The molecule has 0 aliphatic carbocycles. The summed E-state index contributed by atoms with van der Waals surface area (Å²) in [7, 11) is 1.58. The van der Waals surface area contributed by atoms with Crippen LogP contribution in [0.3, 0.4) is 0 Å². The Hall–Kier alpha value is -1.00. The van der Waals surface area contributed by atoms with Crippen molar-refractivity contribution in [2.75, 3.05) is 13.7 Å². The predicted octanol–water partition coefficient (Wildman–Crippen LogP) is 4.13. The van der Waals surface area contributed by atoms with E-state index in [4.69, 9.17) is 4.74 Å². The molecule has 0 heterocycles. The number of halogens is 2. The summed E-state index contributed by atoms with van der Waals surface area (Å²) in [5.74, 6) is -1.02. The monoisotopic (exact) mass is 285 g/mol. The molecule has 114 valence electrons. The summed E-state index contributed by atoms with van der Waals surface area (Å²) in [5, 5.41) is 3.23. The van der Waals surface area contributed by atoms with E-state index < -0.39 is 23.3 Å². The SMILES string of the molecule is CCCNC(c1c(F)ccc(C)c1F)C(C)(CC)OC. The van der Waals surface area contributed by atoms with E-state index in [1.807, 2.05) is 20.8 Å². The molecule has 0 aromatic heterocycles. The quantitative estimate of drug-likeness (QED) is 0.813. The molecule has 2 nitrogen and oxygen atoms in total. The molecule has 0 bridgehead atoms. The Labute approximate surface area is 120 Å². The van der Waals surface area contributed by atoms with E-state index in [2.05, 4.69) is 5.32 Å². The van der Waals surface area contributed by atoms with Gasteiger partial charge < -0.3 is 10.1 Å². The topological polar surface area (TPSA) is 21.3 Å². The van der Waals surface area contributed by atoms with Gasteiger partial charge in [0.1, 0.15) is 11.6 Å². The molecule has 0 amide bonds. The summed E-state index contributed by atoms with van der Waals surface area (Å²) in [5.41, 5.74) is -0.145. The number of nitrogens with one attached hydrogen (secondary N) is 1. The highest BCUT2D eigenvalue weighted by molar-refractivity contribution is 5.31. The maximum Gasteiger partial charge on any atom is 0.133 e. The molecule has 1 aromatic rings. The van der Waals surface area contributed by atoms with E-state index >= 15 is 0 Å². The van der Waals surface area contributed by atoms with Crippen molar-refractivity contribution in [1.29, 1.82) is 0 Å². The van der Waals surface area contributed by atoms with Crippen molar-refractivity contribution in [1.82, 2.24) is 5.32 Å². The molecule has 1 N–H and O–H groups in total. The smallest absolute Gasteiger partial charge is 0.133 e. The first-order valence-electron chi connectivity index (χ1n) is 7.14. The third-order valence-electron chi connectivity index (χ3n) is 3.99. The summed E-state index contributed by atoms with van der Waals surface area (Å²) >= 11 is 0. The molecule has 0 spiro atoms. The highest BCUT2D eigenvalue weighted by Crippen LogP contribution is 2.35. The van der Waals surface area contributed by atoms with Gasteiger partial charge in [0.25, 0.3) is 0 Å². The number of methoxy groups -OCH3 is 1. The van der Waals surface area contributed by atoms with Crippen LogP contribution < -0.4 is 5.32 Å². The van der Waals surface area contributed by atoms with E-state index in [1.54, 1.807) is 14.0 Å². The van der Waals surface area contributed by atoms with E-state index in [0.717, 1.165) is 6.42 Å². The summed E-state index contributed by atoms with van der Waals surface area (Å²) in [4.78, 5) is 0. The second kappa shape index (κ2) is 7.14. The molecule has 4 heteroatoms. The van der Waals surface area contributed by atoms with Crippen LogP contribution in [0.4, 0.5) is 8.78 Å². The lowest BCUT2D eigenvalue weighted by Gasteiger charge is -2.37. The number of hydrogen-bond donors (Lipinski definition) is 1. The zero-order valence-corrected chi connectivity index (χ0v) is 13.0. The fourth-order valence-corrected chi connectivity index (χ4v) is 2.32. The molecule has 0 saturated carbocycles. The molecule has 2 unspecified atom stereocenters. The highest BCUT2D eigenvalue weighted by atomic mass is 19.1. The Balaban J connectivity index is 3.34. The number of hydrogen-bond acceptors (Lipinski definition) is 2. The average Bonchev–Trinajstić information content (AvgIpc) is 2.45. The van der Waals surface area contributed by atoms with Crippen molar-refractivity contribution in [2.45, 2.75) is 52.2 Å². The number of aryl methyl sites for hydroxylation is 1. The van der Waals surface area contributed by atoms with Crippen LogP contribution in [0.2, 0.25) is 0 Å². The van der Waals surface area contributed by atoms with Gasteiger partial charge in [-0.15, -0.1) is 0 Å². The van der Waals surface area contributed by atoms with E-state index in [-0.39, 0.29) is 5.56 Å². The molecule has 0 fully saturated rings. The van der Waals surface area contributed by atoms with Crippen molar-refractivity contribution in [3.05, 3.63) is 34.9 Å². The second-order valence-electron chi connectivity index (χ2n) is 5.35. The zero-order valence-electron chi connectivity index (χ0n) is 13.0. The normalized spacial score (nSPS) is 15.9. The van der Waals surface area contributed by atoms with Gasteiger partial charge in [-0.1, -0.05) is 19.9 Å². The van der Waals surface area contributed by atoms with Gasteiger partial charge in [-0.3, -0.25) is 0 Å². The van der Waals surface area contributed by atoms with Crippen LogP contribution in [0.15, 0.2) is 12.1 Å². The van der Waals surface area contributed by atoms with Gasteiger partial charge in [0.15, 0.2) is 0 Å². The van der Waals surface area contributed by atoms with Gasteiger partial charge in [-0.2, -0.15) is 0 Å². The minimum Gasteiger partial charge on any atom is -0.377 e. The van der Waals surface area contributed by atoms with Crippen LogP contribution >= 0.6 is 0 Å². The third-order valence-corrected chi connectivity index (χ3v) is 3.99. The molecular formula is C16H25F2NO. The van der Waals surface area contributed by atoms with Crippen LogP contribution in [-0.2, 0) is 4.74 Å². The van der Waals surface area contributed by atoms with Crippen molar-refractivity contribution in [3.8, 4) is 0 Å². The lowest BCUT2D eigenvalue weighted by atomic mass is 9.86. The van der Waals surface area contributed by atoms with Gasteiger partial charge >= 0.3 is 0 Å². The Kier molecular flexibility index (Phi) is 6.08. The maximum atomic E-state index is 14.4. The van der Waals surface area contributed by atoms with Crippen LogP contribution in [0.25, 0.3) is 0 Å². The Morgan fingerprint density at radius 3 is 2.45 bits per heavy atom. The molecule has 0 radical (unpaired) electrons. The summed E-state index contributed by atoms with van der Waals surface area (Å²) in [6.07, 6.45) is 1.53. The highest BCUT2D eigenvalue weighted by Gasteiger charge is 2.37. The first kappa shape index (κ1) is 17.1. The van der Waals surface area contributed by atoms with E-state index in [9.17, 15) is 8.78 Å². The van der Waals surface area contributed by atoms with Crippen LogP contribution in [0.5, 0.6) is 0 Å². The molecule has 1 aromatic carbocycles. The minimum absolute atomic E-state index is 0.0737. The molecule has 0 saturated heterocycles. The number of benzene rings is 1. The van der Waals surface area contributed by atoms with E-state index in [0.29, 0.717) is 18.5 Å². The van der Waals surface area contributed by atoms with Crippen molar-refractivity contribution >= 4 is 0 Å². The van der Waals surface area contributed by atoms with Crippen LogP contribution in [-0.4, -0.2) is 19.3 Å². The second-order valence-corrected chi connectivity index (χ2v) is 5.35. The van der Waals surface area contributed by atoms with Crippen LogP contribution in [0, 0.1) is 18.6 Å². The summed E-state index contributed by atoms with van der Waals surface area (Å²) < 4.78 is 34.1. The first-order chi connectivity index (χ1) is 9.41. The Morgan fingerprint density at radius 1 is 1.30 bits per heavy atom. The zero-order chi connectivity index (χ0) is 15.3. The van der Waals surface area contributed by atoms with Gasteiger partial charge in [0.2, 0.25) is 0 Å². The van der Waals surface area contributed by atoms with E-state index in [1.165, 1.54) is 12.1 Å². The average molecular weight is 285 g/mol. The number of rotatable bonds is 7. The van der Waals surface area contributed by atoms with Crippen molar-refractivity contribution in [2.24, 2.45) is 0 Å². The standard InChI is InChI=1S/C16H25F2NO/c1-6-10-19-15(16(4,7-2)20-5)13-12(17)9-8-11(3)14(13)18/h8-9,15,19H,6-7,10H2,1-5H3. The van der Waals surface area contributed by atoms with Gasteiger partial charge in [-0.05, 0) is 44.9 Å². The maximum absolute atomic E-state index is 14.4. The van der Waals surface area contributed by atoms with Gasteiger partial charge in [0, 0.05) is 12.7 Å². The van der Waals surface area contributed by atoms with Gasteiger partial charge in [0.05, 0.1) is 11.6 Å². The predicted molar refractivity (Wildman–Crippen MR) is 77.8 cm³/mol. The molecule has 0 aliphatic rings. The van der Waals surface area contributed by atoms with Gasteiger partial charge in [-0.25, -0.2) is 8.78 Å². The lowest BCUT2D eigenvalue weighted by molar-refractivity contribution is -0.0317. The molecular weight excluding hydrogens is 260 g/mol. The fourth-order valence-electron chi connectivity index (χ4n) is 2.32. The number of ether oxygens (including phenoxy) is 1. The summed E-state index contributed by atoms with van der Waals surface area (Å²) in [6, 6.07) is 2.26. The Bertz CT molecular complexity index is 444. The lowest BCUT2D eigenvalue weighted by Crippen LogP contribution is -2.44. The third kappa shape index (κ3) is 3.36.